The van der Waals surface area contributed by atoms with E-state index in [-0.39, 0.29) is 11.9 Å². The van der Waals surface area contributed by atoms with Crippen LogP contribution in [0.25, 0.3) is 11.3 Å². The molecule has 1 fully saturated rings. The number of hydrogen-bond acceptors (Lipinski definition) is 6. The summed E-state index contributed by atoms with van der Waals surface area (Å²) in [6, 6.07) is 6.20. The SMILES string of the molecule is Fc1ccc(-c2cnc(CN3CCOC(c4nccs4)C3)o2)cc1. The fourth-order valence-corrected chi connectivity index (χ4v) is 3.39. The molecule has 1 aliphatic heterocycles. The smallest absolute Gasteiger partial charge is 0.209 e. The van der Waals surface area contributed by atoms with E-state index in [1.807, 2.05) is 5.38 Å². The molecule has 0 aliphatic carbocycles. The average molecular weight is 345 g/mol. The highest BCUT2D eigenvalue weighted by molar-refractivity contribution is 7.09. The molecule has 2 aromatic heterocycles. The molecule has 7 heteroatoms. The van der Waals surface area contributed by atoms with Crippen molar-refractivity contribution in [2.75, 3.05) is 19.7 Å². The summed E-state index contributed by atoms with van der Waals surface area (Å²) >= 11 is 1.61. The number of morpholine rings is 1. The van der Waals surface area contributed by atoms with Gasteiger partial charge in [-0.15, -0.1) is 11.3 Å². The van der Waals surface area contributed by atoms with Crippen molar-refractivity contribution in [1.82, 2.24) is 14.9 Å². The Morgan fingerprint density at radius 1 is 1.25 bits per heavy atom. The third-order valence-electron chi connectivity index (χ3n) is 3.92. The van der Waals surface area contributed by atoms with Crippen molar-refractivity contribution in [1.29, 1.82) is 0 Å². The molecule has 0 saturated carbocycles. The van der Waals surface area contributed by atoms with E-state index in [2.05, 4.69) is 14.9 Å². The average Bonchev–Trinajstić information content (AvgIpc) is 3.28. The second-order valence-electron chi connectivity index (χ2n) is 5.59. The number of benzene rings is 1. The summed E-state index contributed by atoms with van der Waals surface area (Å²) in [5.74, 6) is 1.03. The van der Waals surface area contributed by atoms with Crippen molar-refractivity contribution < 1.29 is 13.5 Å². The quantitative estimate of drug-likeness (QED) is 0.724. The number of thiazole rings is 1. The lowest BCUT2D eigenvalue weighted by molar-refractivity contribution is -0.0351. The zero-order chi connectivity index (χ0) is 16.4. The predicted molar refractivity (Wildman–Crippen MR) is 88.0 cm³/mol. The summed E-state index contributed by atoms with van der Waals surface area (Å²) in [5.41, 5.74) is 0.817. The Morgan fingerprint density at radius 2 is 2.12 bits per heavy atom. The van der Waals surface area contributed by atoms with Gasteiger partial charge in [0.2, 0.25) is 5.89 Å². The zero-order valence-corrected chi connectivity index (χ0v) is 13.7. The van der Waals surface area contributed by atoms with Gasteiger partial charge in [-0.2, -0.15) is 0 Å². The summed E-state index contributed by atoms with van der Waals surface area (Å²) in [4.78, 5) is 10.9. The number of aromatic nitrogens is 2. The van der Waals surface area contributed by atoms with E-state index in [4.69, 9.17) is 9.15 Å². The van der Waals surface area contributed by atoms with Crippen molar-refractivity contribution in [3.63, 3.8) is 0 Å². The molecule has 0 spiro atoms. The molecule has 124 valence electrons. The van der Waals surface area contributed by atoms with Crippen LogP contribution in [0.2, 0.25) is 0 Å². The van der Waals surface area contributed by atoms with E-state index in [0.29, 0.717) is 24.8 Å². The second kappa shape index (κ2) is 6.80. The highest BCUT2D eigenvalue weighted by atomic mass is 32.1. The summed E-state index contributed by atoms with van der Waals surface area (Å²) in [5, 5.41) is 2.96. The van der Waals surface area contributed by atoms with Gasteiger partial charge in [-0.1, -0.05) is 0 Å². The Kier molecular flexibility index (Phi) is 4.38. The van der Waals surface area contributed by atoms with Crippen LogP contribution in [0.3, 0.4) is 0 Å². The monoisotopic (exact) mass is 345 g/mol. The van der Waals surface area contributed by atoms with Gasteiger partial charge < -0.3 is 9.15 Å². The number of ether oxygens (including phenoxy) is 1. The lowest BCUT2D eigenvalue weighted by Crippen LogP contribution is -2.37. The van der Waals surface area contributed by atoms with Crippen LogP contribution in [-0.4, -0.2) is 34.6 Å². The van der Waals surface area contributed by atoms with Crippen LogP contribution in [0, 0.1) is 5.82 Å². The van der Waals surface area contributed by atoms with Gasteiger partial charge >= 0.3 is 0 Å². The molecule has 0 amide bonds. The zero-order valence-electron chi connectivity index (χ0n) is 12.9. The number of hydrogen-bond donors (Lipinski definition) is 0. The Bertz CT molecular complexity index is 789. The molecule has 0 radical (unpaired) electrons. The third-order valence-corrected chi connectivity index (χ3v) is 4.79. The van der Waals surface area contributed by atoms with Crippen LogP contribution in [0.5, 0.6) is 0 Å². The molecular formula is C17H16FN3O2S. The minimum Gasteiger partial charge on any atom is -0.439 e. The standard InChI is InChI=1S/C17H16FN3O2S/c18-13-3-1-12(2-4-13)14-9-20-16(23-14)11-21-6-7-22-15(10-21)17-19-5-8-24-17/h1-5,8-9,15H,6-7,10-11H2. The Labute approximate surface area is 142 Å². The van der Waals surface area contributed by atoms with Gasteiger partial charge in [0.1, 0.15) is 16.9 Å². The normalized spacial score (nSPS) is 18.8. The lowest BCUT2D eigenvalue weighted by Gasteiger charge is -2.30. The number of oxazole rings is 1. The van der Waals surface area contributed by atoms with Crippen LogP contribution >= 0.6 is 11.3 Å². The van der Waals surface area contributed by atoms with Crippen molar-refractivity contribution in [2.24, 2.45) is 0 Å². The van der Waals surface area contributed by atoms with Crippen LogP contribution in [0.15, 0.2) is 46.5 Å². The molecule has 4 rings (SSSR count). The van der Waals surface area contributed by atoms with Crippen LogP contribution < -0.4 is 0 Å². The molecule has 3 aromatic rings. The number of halogens is 1. The maximum Gasteiger partial charge on any atom is 0.209 e. The first-order chi connectivity index (χ1) is 11.8. The van der Waals surface area contributed by atoms with Gasteiger partial charge in [-0.3, -0.25) is 4.90 Å². The molecule has 0 bridgehead atoms. The van der Waals surface area contributed by atoms with Crippen LogP contribution in [0.1, 0.15) is 17.0 Å². The maximum atomic E-state index is 13.0. The first-order valence-electron chi connectivity index (χ1n) is 7.72. The first-order valence-corrected chi connectivity index (χ1v) is 8.60. The Morgan fingerprint density at radius 3 is 2.92 bits per heavy atom. The van der Waals surface area contributed by atoms with E-state index in [1.165, 1.54) is 12.1 Å². The van der Waals surface area contributed by atoms with Gasteiger partial charge in [0.25, 0.3) is 0 Å². The highest BCUT2D eigenvalue weighted by Gasteiger charge is 2.24. The number of rotatable bonds is 4. The molecule has 0 N–H and O–H groups in total. The number of nitrogens with zero attached hydrogens (tertiary/aromatic N) is 3. The van der Waals surface area contributed by atoms with Gasteiger partial charge in [0.05, 0.1) is 19.3 Å². The van der Waals surface area contributed by atoms with Gasteiger partial charge in [0, 0.05) is 30.2 Å². The second-order valence-corrected chi connectivity index (χ2v) is 6.52. The predicted octanol–water partition coefficient (Wildman–Crippen LogP) is 3.51. The largest absolute Gasteiger partial charge is 0.439 e. The van der Waals surface area contributed by atoms with Crippen LogP contribution in [-0.2, 0) is 11.3 Å². The summed E-state index contributed by atoms with van der Waals surface area (Å²) in [7, 11) is 0. The summed E-state index contributed by atoms with van der Waals surface area (Å²) in [6.45, 7) is 2.88. The topological polar surface area (TPSA) is 51.4 Å². The minimum absolute atomic E-state index is 0.00489. The molecular weight excluding hydrogens is 329 g/mol. The fourth-order valence-electron chi connectivity index (χ4n) is 2.71. The van der Waals surface area contributed by atoms with Crippen LogP contribution in [0.4, 0.5) is 4.39 Å². The summed E-state index contributed by atoms with van der Waals surface area (Å²) < 4.78 is 24.6. The van der Waals surface area contributed by atoms with Gasteiger partial charge in [0.15, 0.2) is 5.76 Å². The van der Waals surface area contributed by atoms with E-state index in [9.17, 15) is 4.39 Å². The molecule has 1 aromatic carbocycles. The van der Waals surface area contributed by atoms with E-state index < -0.39 is 0 Å². The molecule has 1 saturated heterocycles. The Hall–Kier alpha value is -2.09. The molecule has 1 unspecified atom stereocenters. The molecule has 1 atom stereocenters. The third kappa shape index (κ3) is 3.38. The van der Waals surface area contributed by atoms with Crippen molar-refractivity contribution in [2.45, 2.75) is 12.6 Å². The van der Waals surface area contributed by atoms with Crippen molar-refractivity contribution in [3.05, 3.63) is 58.8 Å². The highest BCUT2D eigenvalue weighted by Crippen LogP contribution is 2.26. The van der Waals surface area contributed by atoms with Gasteiger partial charge in [-0.25, -0.2) is 14.4 Å². The van der Waals surface area contributed by atoms with E-state index >= 15 is 0 Å². The van der Waals surface area contributed by atoms with Crippen molar-refractivity contribution >= 4 is 11.3 Å². The first kappa shape index (κ1) is 15.4. The lowest BCUT2D eigenvalue weighted by atomic mass is 10.2. The van der Waals surface area contributed by atoms with E-state index in [1.54, 1.807) is 35.9 Å². The van der Waals surface area contributed by atoms with Crippen molar-refractivity contribution in [3.8, 4) is 11.3 Å². The fraction of sp³-hybridized carbons (Fsp3) is 0.294. The molecule has 1 aliphatic rings. The maximum absolute atomic E-state index is 13.0. The Balaban J connectivity index is 1.43. The minimum atomic E-state index is -0.264. The summed E-state index contributed by atoms with van der Waals surface area (Å²) in [6.07, 6.45) is 3.48. The van der Waals surface area contributed by atoms with Gasteiger partial charge in [-0.05, 0) is 24.3 Å². The molecule has 3 heterocycles. The van der Waals surface area contributed by atoms with E-state index in [0.717, 1.165) is 23.7 Å². The molecule has 5 nitrogen and oxygen atoms in total. The molecule has 24 heavy (non-hydrogen) atoms.